The van der Waals surface area contributed by atoms with Gasteiger partial charge in [0.05, 0.1) is 6.20 Å². The van der Waals surface area contributed by atoms with Crippen LogP contribution < -0.4 is 0 Å². The lowest BCUT2D eigenvalue weighted by atomic mass is 9.98. The molecule has 0 radical (unpaired) electrons. The molecular formula is C14H24FNO. The van der Waals surface area contributed by atoms with Crippen LogP contribution in [0.3, 0.4) is 0 Å². The molecule has 1 aliphatic rings. The molecule has 0 spiro atoms. The standard InChI is InChI=1S/C7H14O.C5H4FN.C2H6/c1-2-7-3-5-8-6-4-7;6-5-2-1-3-7-4-5;1-2/h7H,2-6H2,1H3;1-4H;1-2H3. The Morgan fingerprint density at radius 1 is 1.35 bits per heavy atom. The van der Waals surface area contributed by atoms with Gasteiger partial charge in [-0.25, -0.2) is 4.39 Å². The maximum absolute atomic E-state index is 11.8. The first-order chi connectivity index (χ1) is 8.33. The average Bonchev–Trinajstić information content (AvgIpc) is 2.43. The van der Waals surface area contributed by atoms with E-state index in [4.69, 9.17) is 4.74 Å². The minimum Gasteiger partial charge on any atom is -0.381 e. The largest absolute Gasteiger partial charge is 0.381 e. The van der Waals surface area contributed by atoms with E-state index >= 15 is 0 Å². The predicted molar refractivity (Wildman–Crippen MR) is 69.4 cm³/mol. The lowest BCUT2D eigenvalue weighted by Crippen LogP contribution is -2.14. The first kappa shape index (κ1) is 16.0. The normalized spacial score (nSPS) is 15.1. The number of rotatable bonds is 1. The molecule has 2 rings (SSSR count). The fourth-order valence-corrected chi connectivity index (χ4v) is 1.50. The van der Waals surface area contributed by atoms with Crippen LogP contribution in [0.4, 0.5) is 4.39 Å². The van der Waals surface area contributed by atoms with Gasteiger partial charge in [0.2, 0.25) is 0 Å². The van der Waals surface area contributed by atoms with Crippen LogP contribution in [-0.2, 0) is 4.74 Å². The number of ether oxygens (including phenoxy) is 1. The second kappa shape index (κ2) is 11.5. The molecule has 0 N–H and O–H groups in total. The second-order valence-electron chi connectivity index (χ2n) is 3.64. The Labute approximate surface area is 104 Å². The molecule has 0 bridgehead atoms. The first-order valence-corrected chi connectivity index (χ1v) is 6.46. The van der Waals surface area contributed by atoms with Gasteiger partial charge in [-0.05, 0) is 30.9 Å². The van der Waals surface area contributed by atoms with Crippen molar-refractivity contribution in [2.75, 3.05) is 13.2 Å². The molecule has 0 aromatic carbocycles. The van der Waals surface area contributed by atoms with Gasteiger partial charge < -0.3 is 4.74 Å². The van der Waals surface area contributed by atoms with Crippen LogP contribution >= 0.6 is 0 Å². The maximum Gasteiger partial charge on any atom is 0.141 e. The summed E-state index contributed by atoms with van der Waals surface area (Å²) in [4.78, 5) is 3.51. The third kappa shape index (κ3) is 8.81. The van der Waals surface area contributed by atoms with Gasteiger partial charge in [-0.1, -0.05) is 27.2 Å². The van der Waals surface area contributed by atoms with E-state index in [-0.39, 0.29) is 5.82 Å². The quantitative estimate of drug-likeness (QED) is 0.739. The Kier molecular flexibility index (Phi) is 10.9. The maximum atomic E-state index is 11.8. The van der Waals surface area contributed by atoms with E-state index in [1.54, 1.807) is 6.07 Å². The molecule has 1 aromatic rings. The van der Waals surface area contributed by atoms with Gasteiger partial charge in [0.15, 0.2) is 0 Å². The molecule has 98 valence electrons. The second-order valence-corrected chi connectivity index (χ2v) is 3.64. The molecule has 1 aromatic heterocycles. The van der Waals surface area contributed by atoms with E-state index in [9.17, 15) is 4.39 Å². The molecule has 1 fully saturated rings. The minimum absolute atomic E-state index is 0.289. The Balaban J connectivity index is 0.000000265. The summed E-state index contributed by atoms with van der Waals surface area (Å²) >= 11 is 0. The van der Waals surface area contributed by atoms with Gasteiger partial charge in [0, 0.05) is 19.4 Å². The highest BCUT2D eigenvalue weighted by molar-refractivity contribution is 4.92. The number of halogens is 1. The smallest absolute Gasteiger partial charge is 0.141 e. The van der Waals surface area contributed by atoms with E-state index in [1.807, 2.05) is 13.8 Å². The van der Waals surface area contributed by atoms with Crippen LogP contribution in [0.15, 0.2) is 24.5 Å². The van der Waals surface area contributed by atoms with Crippen molar-refractivity contribution in [3.05, 3.63) is 30.3 Å². The summed E-state index contributed by atoms with van der Waals surface area (Å²) in [6.07, 6.45) is 6.61. The molecule has 0 saturated carbocycles. The fraction of sp³-hybridized carbons (Fsp3) is 0.643. The molecule has 0 atom stereocenters. The van der Waals surface area contributed by atoms with Crippen molar-refractivity contribution in [1.29, 1.82) is 0 Å². The van der Waals surface area contributed by atoms with Gasteiger partial charge in [0.1, 0.15) is 5.82 Å². The lowest BCUT2D eigenvalue weighted by Gasteiger charge is -2.19. The molecule has 17 heavy (non-hydrogen) atoms. The number of nitrogens with zero attached hydrogens (tertiary/aromatic N) is 1. The Morgan fingerprint density at radius 2 is 2.00 bits per heavy atom. The molecular weight excluding hydrogens is 217 g/mol. The number of aromatic nitrogens is 1. The summed E-state index contributed by atoms with van der Waals surface area (Å²) in [7, 11) is 0. The summed E-state index contributed by atoms with van der Waals surface area (Å²) in [5.41, 5.74) is 0. The molecule has 2 nitrogen and oxygen atoms in total. The van der Waals surface area contributed by atoms with Crippen molar-refractivity contribution in [3.63, 3.8) is 0 Å². The molecule has 1 saturated heterocycles. The highest BCUT2D eigenvalue weighted by Gasteiger charge is 2.09. The van der Waals surface area contributed by atoms with E-state index in [1.165, 1.54) is 37.7 Å². The van der Waals surface area contributed by atoms with Gasteiger partial charge in [-0.3, -0.25) is 4.98 Å². The summed E-state index contributed by atoms with van der Waals surface area (Å²) in [5, 5.41) is 0. The van der Waals surface area contributed by atoms with E-state index in [0.717, 1.165) is 19.1 Å². The van der Waals surface area contributed by atoms with Crippen LogP contribution in [0.1, 0.15) is 40.0 Å². The predicted octanol–water partition coefficient (Wildman–Crippen LogP) is 4.07. The van der Waals surface area contributed by atoms with Crippen LogP contribution in [-0.4, -0.2) is 18.2 Å². The average molecular weight is 241 g/mol. The van der Waals surface area contributed by atoms with E-state index in [0.29, 0.717) is 0 Å². The van der Waals surface area contributed by atoms with Crippen molar-refractivity contribution in [2.24, 2.45) is 5.92 Å². The van der Waals surface area contributed by atoms with Crippen molar-refractivity contribution >= 4 is 0 Å². The summed E-state index contributed by atoms with van der Waals surface area (Å²) in [5.74, 6) is 0.672. The molecule has 2 heterocycles. The zero-order chi connectivity index (χ0) is 12.9. The third-order valence-electron chi connectivity index (χ3n) is 2.54. The zero-order valence-electron chi connectivity index (χ0n) is 11.2. The Bertz CT molecular complexity index is 248. The summed E-state index contributed by atoms with van der Waals surface area (Å²) in [6.45, 7) is 8.26. The van der Waals surface area contributed by atoms with Gasteiger partial charge in [-0.15, -0.1) is 0 Å². The van der Waals surface area contributed by atoms with Crippen LogP contribution in [0, 0.1) is 11.7 Å². The Hall–Kier alpha value is -0.960. The number of pyridine rings is 1. The number of hydrogen-bond acceptors (Lipinski definition) is 2. The number of hydrogen-bond donors (Lipinski definition) is 0. The molecule has 0 amide bonds. The van der Waals surface area contributed by atoms with Crippen LogP contribution in [0.5, 0.6) is 0 Å². The van der Waals surface area contributed by atoms with Crippen molar-refractivity contribution in [3.8, 4) is 0 Å². The van der Waals surface area contributed by atoms with E-state index < -0.39 is 0 Å². The van der Waals surface area contributed by atoms with Crippen molar-refractivity contribution in [2.45, 2.75) is 40.0 Å². The third-order valence-corrected chi connectivity index (χ3v) is 2.54. The fourth-order valence-electron chi connectivity index (χ4n) is 1.50. The lowest BCUT2D eigenvalue weighted by molar-refractivity contribution is 0.0654. The molecule has 0 unspecified atom stereocenters. The summed E-state index contributed by atoms with van der Waals surface area (Å²) in [6, 6.07) is 2.91. The van der Waals surface area contributed by atoms with Crippen LogP contribution in [0.25, 0.3) is 0 Å². The monoisotopic (exact) mass is 241 g/mol. The molecule has 3 heteroatoms. The van der Waals surface area contributed by atoms with Gasteiger partial charge >= 0.3 is 0 Å². The van der Waals surface area contributed by atoms with Gasteiger partial charge in [-0.2, -0.15) is 0 Å². The van der Waals surface area contributed by atoms with Crippen molar-refractivity contribution in [1.82, 2.24) is 4.98 Å². The first-order valence-electron chi connectivity index (χ1n) is 6.46. The zero-order valence-corrected chi connectivity index (χ0v) is 11.2. The highest BCUT2D eigenvalue weighted by atomic mass is 19.1. The van der Waals surface area contributed by atoms with Gasteiger partial charge in [0.25, 0.3) is 0 Å². The molecule has 1 aliphatic heterocycles. The Morgan fingerprint density at radius 3 is 2.29 bits per heavy atom. The SMILES string of the molecule is CC.CCC1CCOCC1.Fc1cccnc1. The minimum atomic E-state index is -0.289. The van der Waals surface area contributed by atoms with E-state index in [2.05, 4.69) is 11.9 Å². The topological polar surface area (TPSA) is 22.1 Å². The highest BCUT2D eigenvalue weighted by Crippen LogP contribution is 2.16. The molecule has 0 aliphatic carbocycles. The van der Waals surface area contributed by atoms with Crippen molar-refractivity contribution < 1.29 is 9.13 Å². The van der Waals surface area contributed by atoms with Crippen LogP contribution in [0.2, 0.25) is 0 Å². The summed E-state index contributed by atoms with van der Waals surface area (Å²) < 4.78 is 17.0.